The molecule has 0 unspecified atom stereocenters. The molecule has 9 nitrogen and oxygen atoms in total. The Labute approximate surface area is 114 Å². The summed E-state index contributed by atoms with van der Waals surface area (Å²) in [6.07, 6.45) is 1.22. The summed E-state index contributed by atoms with van der Waals surface area (Å²) >= 11 is 5.87. The molecule has 0 fully saturated rings. The van der Waals surface area contributed by atoms with Crippen LogP contribution in [0, 0.1) is 0 Å². The molecule has 0 aromatic carbocycles. The molecular weight excluding hydrogens is 274 g/mol. The van der Waals surface area contributed by atoms with Crippen molar-refractivity contribution < 1.29 is 9.63 Å². The Morgan fingerprint density at radius 2 is 2.26 bits per heavy atom. The van der Waals surface area contributed by atoms with E-state index in [1.54, 1.807) is 0 Å². The van der Waals surface area contributed by atoms with Crippen LogP contribution in [0.25, 0.3) is 0 Å². The van der Waals surface area contributed by atoms with Gasteiger partial charge in [0.2, 0.25) is 5.96 Å². The summed E-state index contributed by atoms with van der Waals surface area (Å²) in [6, 6.07) is 0.131. The minimum Gasteiger partial charge on any atom is -0.366 e. The Morgan fingerprint density at radius 3 is 2.79 bits per heavy atom. The quantitative estimate of drug-likeness (QED) is 0.259. The van der Waals surface area contributed by atoms with Gasteiger partial charge in [0.15, 0.2) is 16.7 Å². The third kappa shape index (κ3) is 4.47. The predicted molar refractivity (Wildman–Crippen MR) is 70.2 cm³/mol. The molecule has 0 saturated heterocycles. The van der Waals surface area contributed by atoms with Crippen LogP contribution in [0.5, 0.6) is 0 Å². The number of carbonyl (C=O) groups excluding carboxylic acids is 1. The van der Waals surface area contributed by atoms with Gasteiger partial charge in [0.05, 0.1) is 6.20 Å². The molecule has 0 bridgehead atoms. The first kappa shape index (κ1) is 14.8. The molecule has 0 saturated carbocycles. The molecule has 19 heavy (non-hydrogen) atoms. The topological polar surface area (TPSA) is 141 Å². The number of hydrogen-bond donors (Lipinski definition) is 4. The van der Waals surface area contributed by atoms with Crippen LogP contribution in [-0.2, 0) is 4.84 Å². The molecular formula is C9H14ClN7O2. The standard InChI is InChI=1S/C9H14ClN7O2/c1-4(2)14-7-6(10)15-5(3-13-7)8(18)19-17-9(11)16-12/h3-4H,12H2,1-2H3,(H,13,14)(H3,11,16,17). The van der Waals surface area contributed by atoms with Gasteiger partial charge >= 0.3 is 5.97 Å². The number of hydrazone groups is 1. The highest BCUT2D eigenvalue weighted by Gasteiger charge is 2.14. The van der Waals surface area contributed by atoms with E-state index in [0.717, 1.165) is 0 Å². The first-order valence-corrected chi connectivity index (χ1v) is 5.61. The smallest absolute Gasteiger partial charge is 0.366 e. The van der Waals surface area contributed by atoms with Crippen LogP contribution < -0.4 is 22.4 Å². The van der Waals surface area contributed by atoms with Gasteiger partial charge in [0, 0.05) is 6.04 Å². The van der Waals surface area contributed by atoms with Crippen molar-refractivity contribution >= 4 is 29.3 Å². The molecule has 10 heteroatoms. The lowest BCUT2D eigenvalue weighted by atomic mass is 10.4. The fourth-order valence-corrected chi connectivity index (χ4v) is 1.21. The Bertz CT molecular complexity index is 491. The Hall–Kier alpha value is -2.29. The minimum absolute atomic E-state index is 0.0589. The Kier molecular flexibility index (Phi) is 5.12. The van der Waals surface area contributed by atoms with Gasteiger partial charge in [-0.3, -0.25) is 0 Å². The van der Waals surface area contributed by atoms with Gasteiger partial charge in [0.1, 0.15) is 0 Å². The number of carbonyl (C=O) groups is 1. The maximum absolute atomic E-state index is 11.5. The zero-order valence-electron chi connectivity index (χ0n) is 10.3. The van der Waals surface area contributed by atoms with Crippen molar-refractivity contribution in [2.45, 2.75) is 19.9 Å². The van der Waals surface area contributed by atoms with Gasteiger partial charge in [-0.05, 0) is 13.8 Å². The van der Waals surface area contributed by atoms with Crippen molar-refractivity contribution in [3.8, 4) is 0 Å². The van der Waals surface area contributed by atoms with E-state index in [2.05, 4.69) is 25.2 Å². The fraction of sp³-hybridized carbons (Fsp3) is 0.333. The van der Waals surface area contributed by atoms with Crippen molar-refractivity contribution in [3.63, 3.8) is 0 Å². The van der Waals surface area contributed by atoms with Crippen LogP contribution in [-0.4, -0.2) is 27.9 Å². The maximum atomic E-state index is 11.5. The van der Waals surface area contributed by atoms with E-state index in [1.807, 2.05) is 19.3 Å². The summed E-state index contributed by atoms with van der Waals surface area (Å²) in [6.45, 7) is 3.83. The number of hydroxylamine groups is 1. The third-order valence-corrected chi connectivity index (χ3v) is 2.02. The van der Waals surface area contributed by atoms with E-state index < -0.39 is 5.97 Å². The zero-order valence-corrected chi connectivity index (χ0v) is 11.1. The predicted octanol–water partition coefficient (Wildman–Crippen LogP) is -0.200. The van der Waals surface area contributed by atoms with Crippen molar-refractivity contribution in [1.82, 2.24) is 15.4 Å². The van der Waals surface area contributed by atoms with Crippen LogP contribution >= 0.6 is 11.6 Å². The van der Waals surface area contributed by atoms with E-state index in [4.69, 9.17) is 23.2 Å². The first-order valence-electron chi connectivity index (χ1n) is 5.23. The van der Waals surface area contributed by atoms with Crippen LogP contribution in [0.3, 0.4) is 0 Å². The molecule has 0 amide bonds. The largest absolute Gasteiger partial charge is 0.382 e. The molecule has 0 atom stereocenters. The number of anilines is 1. The van der Waals surface area contributed by atoms with Crippen molar-refractivity contribution in [2.75, 3.05) is 5.32 Å². The van der Waals surface area contributed by atoms with Crippen molar-refractivity contribution in [2.24, 2.45) is 16.7 Å². The highest BCUT2D eigenvalue weighted by Crippen LogP contribution is 2.17. The Morgan fingerprint density at radius 1 is 1.58 bits per heavy atom. The lowest BCUT2D eigenvalue weighted by molar-refractivity contribution is 0.0376. The second-order valence-corrected chi connectivity index (χ2v) is 4.06. The van der Waals surface area contributed by atoms with Gasteiger partial charge in [-0.1, -0.05) is 11.6 Å². The third-order valence-electron chi connectivity index (χ3n) is 1.75. The molecule has 0 radical (unpaired) electrons. The van der Waals surface area contributed by atoms with Crippen molar-refractivity contribution in [1.29, 1.82) is 0 Å². The number of rotatable bonds is 3. The van der Waals surface area contributed by atoms with Crippen LogP contribution in [0.4, 0.5) is 5.82 Å². The monoisotopic (exact) mass is 287 g/mol. The summed E-state index contributed by atoms with van der Waals surface area (Å²) in [5.74, 6) is 4.14. The SMILES string of the molecule is CC(C)Nc1ncc(C(=O)ON/C(N)=N/N)nc1Cl. The number of hydrogen-bond acceptors (Lipinski definition) is 7. The fourth-order valence-electron chi connectivity index (χ4n) is 1.01. The van der Waals surface area contributed by atoms with E-state index >= 15 is 0 Å². The van der Waals surface area contributed by atoms with Gasteiger partial charge in [0.25, 0.3) is 0 Å². The number of guanidine groups is 1. The number of nitrogens with two attached hydrogens (primary N) is 2. The maximum Gasteiger partial charge on any atom is 0.382 e. The lowest BCUT2D eigenvalue weighted by Crippen LogP contribution is -2.34. The second-order valence-electron chi connectivity index (χ2n) is 3.70. The summed E-state index contributed by atoms with van der Waals surface area (Å²) in [5.41, 5.74) is 7.11. The van der Waals surface area contributed by atoms with E-state index in [0.29, 0.717) is 5.82 Å². The van der Waals surface area contributed by atoms with Gasteiger partial charge < -0.3 is 21.7 Å². The van der Waals surface area contributed by atoms with Crippen LogP contribution in [0.1, 0.15) is 24.3 Å². The number of nitrogens with zero attached hydrogens (tertiary/aromatic N) is 3. The number of halogens is 1. The van der Waals surface area contributed by atoms with Crippen molar-refractivity contribution in [3.05, 3.63) is 17.0 Å². The molecule has 104 valence electrons. The van der Waals surface area contributed by atoms with Gasteiger partial charge in [-0.25, -0.2) is 14.8 Å². The molecule has 1 heterocycles. The summed E-state index contributed by atoms with van der Waals surface area (Å²) in [5, 5.41) is 6.08. The highest BCUT2D eigenvalue weighted by atomic mass is 35.5. The molecule has 0 spiro atoms. The zero-order chi connectivity index (χ0) is 14.4. The highest BCUT2D eigenvalue weighted by molar-refractivity contribution is 6.31. The van der Waals surface area contributed by atoms with Gasteiger partial charge in [-0.2, -0.15) is 5.48 Å². The van der Waals surface area contributed by atoms with Crippen LogP contribution in [0.2, 0.25) is 5.15 Å². The average molecular weight is 288 g/mol. The molecule has 0 aliphatic carbocycles. The molecule has 0 aliphatic rings. The van der Waals surface area contributed by atoms with E-state index in [1.165, 1.54) is 6.20 Å². The van der Waals surface area contributed by atoms with E-state index in [-0.39, 0.29) is 22.8 Å². The number of nitrogens with one attached hydrogen (secondary N) is 2. The molecule has 6 N–H and O–H groups in total. The summed E-state index contributed by atoms with van der Waals surface area (Å²) in [7, 11) is 0. The minimum atomic E-state index is -0.822. The lowest BCUT2D eigenvalue weighted by Gasteiger charge is -2.10. The van der Waals surface area contributed by atoms with Gasteiger partial charge in [-0.15, -0.1) is 5.10 Å². The molecule has 1 rings (SSSR count). The average Bonchev–Trinajstić information content (AvgIpc) is 2.37. The molecule has 1 aromatic heterocycles. The summed E-state index contributed by atoms with van der Waals surface area (Å²) < 4.78 is 0. The summed E-state index contributed by atoms with van der Waals surface area (Å²) in [4.78, 5) is 23.9. The number of aromatic nitrogens is 2. The molecule has 0 aliphatic heterocycles. The molecule has 1 aromatic rings. The first-order chi connectivity index (χ1) is 8.93. The Balaban J connectivity index is 2.74. The normalized spacial score (nSPS) is 11.3. The van der Waals surface area contributed by atoms with Crippen LogP contribution in [0.15, 0.2) is 11.3 Å². The second kappa shape index (κ2) is 6.59. The van der Waals surface area contributed by atoms with E-state index in [9.17, 15) is 4.79 Å².